The minimum atomic E-state index is 0.104. The van der Waals surface area contributed by atoms with Gasteiger partial charge >= 0.3 is 0 Å². The Balaban J connectivity index is 2.14. The van der Waals surface area contributed by atoms with E-state index in [2.05, 4.69) is 0 Å². The summed E-state index contributed by atoms with van der Waals surface area (Å²) < 4.78 is 22.6. The zero-order valence-corrected chi connectivity index (χ0v) is 14.3. The van der Waals surface area contributed by atoms with Gasteiger partial charge in [0.15, 0.2) is 0 Å². The van der Waals surface area contributed by atoms with Crippen LogP contribution in [0.5, 0.6) is 23.0 Å². The van der Waals surface area contributed by atoms with Crippen LogP contribution in [0.25, 0.3) is 11.1 Å². The predicted molar refractivity (Wildman–Crippen MR) is 93.3 cm³/mol. The van der Waals surface area contributed by atoms with Gasteiger partial charge in [-0.15, -0.1) is 0 Å². The summed E-state index contributed by atoms with van der Waals surface area (Å²) in [5.74, 6) is 3.20. The summed E-state index contributed by atoms with van der Waals surface area (Å²) in [5.41, 5.74) is 8.68. The van der Waals surface area contributed by atoms with Crippen molar-refractivity contribution >= 4 is 0 Å². The Kier molecular flexibility index (Phi) is 4.81. The lowest BCUT2D eigenvalue weighted by Crippen LogP contribution is -2.17. The lowest BCUT2D eigenvalue weighted by atomic mass is 9.98. The highest BCUT2D eigenvalue weighted by Gasteiger charge is 2.27. The second kappa shape index (κ2) is 7.01. The number of hydrogen-bond acceptors (Lipinski definition) is 5. The Morgan fingerprint density at radius 2 is 1.75 bits per heavy atom. The van der Waals surface area contributed by atoms with Crippen LogP contribution in [-0.4, -0.2) is 34.0 Å². The molecule has 0 spiro atoms. The highest BCUT2D eigenvalue weighted by Crippen LogP contribution is 2.45. The number of methoxy groups -OCH3 is 3. The molecule has 0 aromatic heterocycles. The van der Waals surface area contributed by atoms with Gasteiger partial charge in [0.1, 0.15) is 29.1 Å². The fourth-order valence-corrected chi connectivity index (χ4v) is 3.09. The molecule has 2 aromatic rings. The molecule has 2 aromatic carbocycles. The maximum Gasteiger partial charge on any atom is 0.131 e. The van der Waals surface area contributed by atoms with E-state index in [1.54, 1.807) is 21.3 Å². The fourth-order valence-electron chi connectivity index (χ4n) is 3.09. The molecule has 1 aliphatic heterocycles. The Bertz CT molecular complexity index is 730. The first-order valence-corrected chi connectivity index (χ1v) is 8.00. The van der Waals surface area contributed by atoms with Gasteiger partial charge in [-0.1, -0.05) is 0 Å². The zero-order valence-electron chi connectivity index (χ0n) is 14.3. The largest absolute Gasteiger partial charge is 0.497 e. The minimum absolute atomic E-state index is 0.104. The molecule has 0 radical (unpaired) electrons. The van der Waals surface area contributed by atoms with E-state index in [1.807, 2.05) is 30.3 Å². The summed E-state index contributed by atoms with van der Waals surface area (Å²) >= 11 is 0. The number of benzene rings is 2. The topological polar surface area (TPSA) is 62.9 Å². The third-order valence-electron chi connectivity index (χ3n) is 4.29. The Hall–Kier alpha value is -2.40. The zero-order chi connectivity index (χ0) is 17.1. The number of ether oxygens (including phenoxy) is 4. The Morgan fingerprint density at radius 3 is 2.42 bits per heavy atom. The van der Waals surface area contributed by atoms with Crippen LogP contribution >= 0.6 is 0 Å². The third-order valence-corrected chi connectivity index (χ3v) is 4.29. The summed E-state index contributed by atoms with van der Waals surface area (Å²) in [6.07, 6.45) is 1.77. The highest BCUT2D eigenvalue weighted by atomic mass is 16.5. The van der Waals surface area contributed by atoms with E-state index in [0.29, 0.717) is 6.54 Å². The Labute approximate surface area is 142 Å². The average molecular weight is 329 g/mol. The van der Waals surface area contributed by atoms with Crippen LogP contribution in [0.15, 0.2) is 30.3 Å². The summed E-state index contributed by atoms with van der Waals surface area (Å²) in [7, 11) is 4.97. The van der Waals surface area contributed by atoms with E-state index in [-0.39, 0.29) is 6.10 Å². The van der Waals surface area contributed by atoms with Crippen LogP contribution in [0, 0.1) is 0 Å². The predicted octanol–water partition coefficient (Wildman–Crippen LogP) is 3.03. The van der Waals surface area contributed by atoms with Gasteiger partial charge in [-0.2, -0.15) is 0 Å². The Morgan fingerprint density at radius 1 is 1.00 bits per heavy atom. The first-order valence-electron chi connectivity index (χ1n) is 8.00. The number of hydrogen-bond donors (Lipinski definition) is 1. The summed E-state index contributed by atoms with van der Waals surface area (Å²) in [5, 5.41) is 0. The molecular formula is C19H23NO4. The summed E-state index contributed by atoms with van der Waals surface area (Å²) in [6, 6.07) is 9.73. The van der Waals surface area contributed by atoms with Crippen molar-refractivity contribution in [1.29, 1.82) is 0 Å². The van der Waals surface area contributed by atoms with Crippen molar-refractivity contribution in [3.05, 3.63) is 35.9 Å². The number of fused-ring (bicyclic) bond motifs is 1. The maximum atomic E-state index is 6.17. The van der Waals surface area contributed by atoms with Crippen LogP contribution in [0.4, 0.5) is 0 Å². The van der Waals surface area contributed by atoms with Crippen molar-refractivity contribution in [1.82, 2.24) is 0 Å². The lowest BCUT2D eigenvalue weighted by Gasteiger charge is -2.16. The van der Waals surface area contributed by atoms with E-state index < -0.39 is 0 Å². The molecule has 24 heavy (non-hydrogen) atoms. The summed E-state index contributed by atoms with van der Waals surface area (Å²) in [6.45, 7) is 0.605. The second-order valence-corrected chi connectivity index (χ2v) is 5.75. The molecule has 1 heterocycles. The van der Waals surface area contributed by atoms with Crippen LogP contribution in [0.1, 0.15) is 12.0 Å². The van der Waals surface area contributed by atoms with Gasteiger partial charge < -0.3 is 24.7 Å². The van der Waals surface area contributed by atoms with Gasteiger partial charge in [-0.3, -0.25) is 0 Å². The monoisotopic (exact) mass is 329 g/mol. The van der Waals surface area contributed by atoms with E-state index in [0.717, 1.165) is 52.5 Å². The van der Waals surface area contributed by atoms with Crippen LogP contribution in [-0.2, 0) is 6.42 Å². The molecule has 3 rings (SSSR count). The smallest absolute Gasteiger partial charge is 0.131 e. The molecule has 5 nitrogen and oxygen atoms in total. The van der Waals surface area contributed by atoms with Crippen LogP contribution < -0.4 is 24.7 Å². The first-order chi connectivity index (χ1) is 11.7. The van der Waals surface area contributed by atoms with Gasteiger partial charge in [-0.05, 0) is 43.3 Å². The van der Waals surface area contributed by atoms with Gasteiger partial charge in [-0.25, -0.2) is 0 Å². The molecular weight excluding hydrogens is 306 g/mol. The normalized spacial score (nSPS) is 15.6. The van der Waals surface area contributed by atoms with E-state index >= 15 is 0 Å². The van der Waals surface area contributed by atoms with Crippen LogP contribution in [0.3, 0.4) is 0 Å². The fraction of sp³-hybridized carbons (Fsp3) is 0.368. The van der Waals surface area contributed by atoms with Crippen molar-refractivity contribution in [3.63, 3.8) is 0 Å². The van der Waals surface area contributed by atoms with Gasteiger partial charge in [0.05, 0.1) is 21.3 Å². The maximum absolute atomic E-state index is 6.17. The minimum Gasteiger partial charge on any atom is -0.497 e. The van der Waals surface area contributed by atoms with E-state index in [4.69, 9.17) is 24.7 Å². The molecule has 0 bridgehead atoms. The molecule has 1 atom stereocenters. The SMILES string of the molecule is COc1ccc(OC)c(-c2cc(OC)cc3c2OC(CCN)C3)c1. The molecule has 0 saturated carbocycles. The third kappa shape index (κ3) is 2.99. The lowest BCUT2D eigenvalue weighted by molar-refractivity contribution is 0.225. The molecule has 128 valence electrons. The van der Waals surface area contributed by atoms with Crippen LogP contribution in [0.2, 0.25) is 0 Å². The molecule has 0 fully saturated rings. The van der Waals surface area contributed by atoms with Crippen molar-refractivity contribution < 1.29 is 18.9 Å². The molecule has 0 aliphatic carbocycles. The second-order valence-electron chi connectivity index (χ2n) is 5.75. The van der Waals surface area contributed by atoms with Crippen molar-refractivity contribution in [2.75, 3.05) is 27.9 Å². The van der Waals surface area contributed by atoms with Crippen molar-refractivity contribution in [3.8, 4) is 34.1 Å². The molecule has 0 amide bonds. The van der Waals surface area contributed by atoms with Gasteiger partial charge in [0.25, 0.3) is 0 Å². The molecule has 1 unspecified atom stereocenters. The van der Waals surface area contributed by atoms with Gasteiger partial charge in [0, 0.05) is 23.1 Å². The number of rotatable bonds is 6. The molecule has 0 saturated heterocycles. The molecule has 2 N–H and O–H groups in total. The standard InChI is InChI=1S/C19H23NO4/c1-21-13-4-5-18(23-3)16(10-13)17-11-15(22-2)9-12-8-14(6-7-20)24-19(12)17/h4-5,9-11,14H,6-8,20H2,1-3H3. The molecule has 5 heteroatoms. The van der Waals surface area contributed by atoms with E-state index in [1.165, 1.54) is 0 Å². The van der Waals surface area contributed by atoms with Gasteiger partial charge in [0.2, 0.25) is 0 Å². The first kappa shape index (κ1) is 16.5. The van der Waals surface area contributed by atoms with Crippen molar-refractivity contribution in [2.45, 2.75) is 18.9 Å². The summed E-state index contributed by atoms with van der Waals surface area (Å²) in [4.78, 5) is 0. The highest BCUT2D eigenvalue weighted by molar-refractivity contribution is 5.80. The van der Waals surface area contributed by atoms with E-state index in [9.17, 15) is 0 Å². The van der Waals surface area contributed by atoms with Crippen molar-refractivity contribution in [2.24, 2.45) is 5.73 Å². The average Bonchev–Trinajstić information content (AvgIpc) is 3.02. The quantitative estimate of drug-likeness (QED) is 0.882. The molecule has 1 aliphatic rings. The number of nitrogens with two attached hydrogens (primary N) is 1.